The van der Waals surface area contributed by atoms with Gasteiger partial charge in [-0.2, -0.15) is 18.3 Å². The molecule has 0 saturated heterocycles. The molecule has 0 aliphatic heterocycles. The molecular weight excluding hydrogens is 474 g/mol. The highest BCUT2D eigenvalue weighted by atomic mass is 35.5. The van der Waals surface area contributed by atoms with Crippen molar-refractivity contribution in [3.63, 3.8) is 0 Å². The Bertz CT molecular complexity index is 1320. The number of halogens is 5. The predicted molar refractivity (Wildman–Crippen MR) is 120 cm³/mol. The van der Waals surface area contributed by atoms with Gasteiger partial charge < -0.3 is 10.1 Å². The SMILES string of the molecule is C[C@H](NC(=O)C(F)(F)F)[C@@H](Oc1ccc2c(cnn2-c2ccc(F)cc2)c1)c1cccc(Cl)c1. The highest BCUT2D eigenvalue weighted by Crippen LogP contribution is 2.30. The number of nitrogens with zero attached hydrogens (tertiary/aromatic N) is 2. The summed E-state index contributed by atoms with van der Waals surface area (Å²) >= 11 is 6.07. The van der Waals surface area contributed by atoms with E-state index in [0.29, 0.717) is 27.4 Å². The second kappa shape index (κ2) is 9.34. The van der Waals surface area contributed by atoms with E-state index in [4.69, 9.17) is 16.3 Å². The van der Waals surface area contributed by atoms with E-state index in [0.717, 1.165) is 5.52 Å². The zero-order chi connectivity index (χ0) is 24.5. The lowest BCUT2D eigenvalue weighted by atomic mass is 10.0. The van der Waals surface area contributed by atoms with Crippen molar-refractivity contribution in [3.8, 4) is 11.4 Å². The summed E-state index contributed by atoms with van der Waals surface area (Å²) in [4.78, 5) is 11.5. The fourth-order valence-corrected chi connectivity index (χ4v) is 3.72. The maximum atomic E-state index is 13.2. The Kier molecular flexibility index (Phi) is 6.47. The number of benzene rings is 3. The topological polar surface area (TPSA) is 56.1 Å². The van der Waals surface area contributed by atoms with Crippen LogP contribution in [0.25, 0.3) is 16.6 Å². The van der Waals surface area contributed by atoms with E-state index < -0.39 is 24.2 Å². The Morgan fingerprint density at radius 2 is 1.82 bits per heavy atom. The number of carbonyl (C=O) groups is 1. The fraction of sp³-hybridized carbons (Fsp3) is 0.167. The average molecular weight is 492 g/mol. The Hall–Kier alpha value is -3.59. The molecule has 0 aliphatic carbocycles. The van der Waals surface area contributed by atoms with Crippen LogP contribution < -0.4 is 10.1 Å². The van der Waals surface area contributed by atoms with Crippen LogP contribution in [0.4, 0.5) is 17.6 Å². The molecule has 10 heteroatoms. The summed E-state index contributed by atoms with van der Waals surface area (Å²) in [6.45, 7) is 1.42. The number of fused-ring (bicyclic) bond motifs is 1. The van der Waals surface area contributed by atoms with Crippen LogP contribution in [0.15, 0.2) is 72.9 Å². The molecular formula is C24H18ClF4N3O2. The van der Waals surface area contributed by atoms with Crippen molar-refractivity contribution >= 4 is 28.4 Å². The molecule has 0 aliphatic rings. The van der Waals surface area contributed by atoms with Crippen LogP contribution in [0.1, 0.15) is 18.6 Å². The van der Waals surface area contributed by atoms with Crippen LogP contribution in [0.3, 0.4) is 0 Å². The van der Waals surface area contributed by atoms with E-state index in [9.17, 15) is 22.4 Å². The lowest BCUT2D eigenvalue weighted by molar-refractivity contribution is -0.174. The molecule has 2 atom stereocenters. The lowest BCUT2D eigenvalue weighted by Crippen LogP contribution is -2.45. The van der Waals surface area contributed by atoms with Crippen LogP contribution in [0.2, 0.25) is 5.02 Å². The van der Waals surface area contributed by atoms with Gasteiger partial charge in [0.25, 0.3) is 0 Å². The third-order valence-electron chi connectivity index (χ3n) is 5.12. The minimum absolute atomic E-state index is 0.351. The maximum absolute atomic E-state index is 13.2. The number of ether oxygens (including phenoxy) is 1. The van der Waals surface area contributed by atoms with Gasteiger partial charge in [-0.05, 0) is 67.1 Å². The summed E-state index contributed by atoms with van der Waals surface area (Å²) in [5, 5.41) is 7.34. The molecule has 1 N–H and O–H groups in total. The molecule has 1 amide bonds. The zero-order valence-corrected chi connectivity index (χ0v) is 18.4. The molecule has 0 radical (unpaired) electrons. The van der Waals surface area contributed by atoms with E-state index in [2.05, 4.69) is 5.10 Å². The molecule has 176 valence electrons. The van der Waals surface area contributed by atoms with Crippen molar-refractivity contribution < 1.29 is 27.1 Å². The normalized spacial score (nSPS) is 13.5. The van der Waals surface area contributed by atoms with E-state index in [-0.39, 0.29) is 5.82 Å². The number of amides is 1. The van der Waals surface area contributed by atoms with E-state index >= 15 is 0 Å². The van der Waals surface area contributed by atoms with Gasteiger partial charge in [-0.3, -0.25) is 4.79 Å². The standard InChI is InChI=1S/C24H18ClF4N3O2/c1-14(31-23(33)24(27,28)29)22(15-3-2-4-17(25)11-15)34-20-9-10-21-16(12-20)13-30-32(21)19-7-5-18(26)6-8-19/h2-14,22H,1H3,(H,31,33)/t14-,22+/m0/s1. The minimum atomic E-state index is -5.03. The number of nitrogens with one attached hydrogen (secondary N) is 1. The number of carbonyl (C=O) groups excluding carboxylic acids is 1. The molecule has 4 aromatic rings. The first-order chi connectivity index (χ1) is 16.1. The van der Waals surface area contributed by atoms with Crippen molar-refractivity contribution in [2.24, 2.45) is 0 Å². The summed E-state index contributed by atoms with van der Waals surface area (Å²) in [7, 11) is 0. The van der Waals surface area contributed by atoms with Gasteiger partial charge in [0.2, 0.25) is 0 Å². The Morgan fingerprint density at radius 3 is 2.50 bits per heavy atom. The molecule has 0 fully saturated rings. The molecule has 0 spiro atoms. The summed E-state index contributed by atoms with van der Waals surface area (Å²) in [6, 6.07) is 16.3. The van der Waals surface area contributed by atoms with Gasteiger partial charge in [0.1, 0.15) is 17.7 Å². The van der Waals surface area contributed by atoms with Crippen molar-refractivity contribution in [3.05, 3.63) is 89.3 Å². The van der Waals surface area contributed by atoms with Gasteiger partial charge in [0, 0.05) is 10.4 Å². The lowest BCUT2D eigenvalue weighted by Gasteiger charge is -2.27. The quantitative estimate of drug-likeness (QED) is 0.336. The van der Waals surface area contributed by atoms with E-state index in [1.54, 1.807) is 65.5 Å². The summed E-state index contributed by atoms with van der Waals surface area (Å²) < 4.78 is 59.3. The van der Waals surface area contributed by atoms with Gasteiger partial charge >= 0.3 is 12.1 Å². The van der Waals surface area contributed by atoms with Crippen molar-refractivity contribution in [2.75, 3.05) is 0 Å². The van der Waals surface area contributed by atoms with Crippen molar-refractivity contribution in [1.82, 2.24) is 15.1 Å². The van der Waals surface area contributed by atoms with Gasteiger partial charge in [0.05, 0.1) is 23.4 Å². The average Bonchev–Trinajstić information content (AvgIpc) is 3.20. The van der Waals surface area contributed by atoms with Crippen molar-refractivity contribution in [1.29, 1.82) is 0 Å². The smallest absolute Gasteiger partial charge is 0.471 e. The Morgan fingerprint density at radius 1 is 1.09 bits per heavy atom. The maximum Gasteiger partial charge on any atom is 0.471 e. The third-order valence-corrected chi connectivity index (χ3v) is 5.36. The third kappa shape index (κ3) is 5.14. The van der Waals surface area contributed by atoms with Crippen LogP contribution in [0.5, 0.6) is 5.75 Å². The van der Waals surface area contributed by atoms with E-state index in [1.807, 2.05) is 5.32 Å². The number of alkyl halides is 3. The number of aromatic nitrogens is 2. The molecule has 5 nitrogen and oxygen atoms in total. The number of rotatable bonds is 6. The van der Waals surface area contributed by atoms with Gasteiger partial charge in [0.15, 0.2) is 0 Å². The molecule has 4 rings (SSSR count). The van der Waals surface area contributed by atoms with Gasteiger partial charge in [-0.15, -0.1) is 0 Å². The number of hydrogen-bond donors (Lipinski definition) is 1. The highest BCUT2D eigenvalue weighted by Gasteiger charge is 2.40. The molecule has 3 aromatic carbocycles. The first kappa shape index (κ1) is 23.6. The van der Waals surface area contributed by atoms with Crippen molar-refractivity contribution in [2.45, 2.75) is 25.2 Å². The molecule has 34 heavy (non-hydrogen) atoms. The molecule has 0 bridgehead atoms. The Labute approximate surface area is 196 Å². The fourth-order valence-electron chi connectivity index (χ4n) is 3.53. The van der Waals surface area contributed by atoms with Crippen LogP contribution in [-0.2, 0) is 4.79 Å². The van der Waals surface area contributed by atoms with Crippen LogP contribution >= 0.6 is 11.6 Å². The highest BCUT2D eigenvalue weighted by molar-refractivity contribution is 6.30. The second-order valence-electron chi connectivity index (χ2n) is 7.61. The zero-order valence-electron chi connectivity index (χ0n) is 17.7. The minimum Gasteiger partial charge on any atom is -0.484 e. The molecule has 0 unspecified atom stereocenters. The van der Waals surface area contributed by atoms with E-state index in [1.165, 1.54) is 19.1 Å². The van der Waals surface area contributed by atoms with Crippen LogP contribution in [0, 0.1) is 5.82 Å². The monoisotopic (exact) mass is 491 g/mol. The summed E-state index contributed by atoms with van der Waals surface area (Å²) in [5.41, 5.74) is 1.87. The number of hydrogen-bond acceptors (Lipinski definition) is 3. The van der Waals surface area contributed by atoms with Gasteiger partial charge in [-0.1, -0.05) is 23.7 Å². The Balaban J connectivity index is 1.64. The van der Waals surface area contributed by atoms with Gasteiger partial charge in [-0.25, -0.2) is 9.07 Å². The largest absolute Gasteiger partial charge is 0.484 e. The molecule has 1 aromatic heterocycles. The van der Waals surface area contributed by atoms with Crippen LogP contribution in [-0.4, -0.2) is 27.9 Å². The molecule has 0 saturated carbocycles. The predicted octanol–water partition coefficient (Wildman–Crippen LogP) is 6.01. The summed E-state index contributed by atoms with van der Waals surface area (Å²) in [6.07, 6.45) is -4.40. The molecule has 1 heterocycles. The first-order valence-corrected chi connectivity index (χ1v) is 10.5. The summed E-state index contributed by atoms with van der Waals surface area (Å²) in [5.74, 6) is -2.08. The second-order valence-corrected chi connectivity index (χ2v) is 8.04. The first-order valence-electron chi connectivity index (χ1n) is 10.2.